The first-order valence-corrected chi connectivity index (χ1v) is 7.97. The van der Waals surface area contributed by atoms with Gasteiger partial charge in [0.15, 0.2) is 5.65 Å². The molecule has 1 amide bonds. The molecule has 130 valence electrons. The molecule has 2 N–H and O–H groups in total. The maximum absolute atomic E-state index is 12.0. The number of benzene rings is 1. The molecule has 0 unspecified atom stereocenters. The Morgan fingerprint density at radius 3 is 2.92 bits per heavy atom. The summed E-state index contributed by atoms with van der Waals surface area (Å²) in [5, 5.41) is 6.96. The fourth-order valence-corrected chi connectivity index (χ4v) is 2.39. The van der Waals surface area contributed by atoms with Crippen LogP contribution in [0.2, 0.25) is 0 Å². The number of rotatable bonds is 7. The van der Waals surface area contributed by atoms with Crippen LogP contribution in [0.4, 0.5) is 5.95 Å². The average molecular weight is 341 g/mol. The Morgan fingerprint density at radius 1 is 1.32 bits per heavy atom. The van der Waals surface area contributed by atoms with Gasteiger partial charge < -0.3 is 4.74 Å². The fourth-order valence-electron chi connectivity index (χ4n) is 2.39. The zero-order valence-electron chi connectivity index (χ0n) is 13.9. The van der Waals surface area contributed by atoms with Gasteiger partial charge in [-0.3, -0.25) is 24.6 Å². The number of aromatic amines is 1. The molecule has 0 radical (unpaired) electrons. The van der Waals surface area contributed by atoms with Crippen molar-refractivity contribution >= 4 is 22.9 Å². The summed E-state index contributed by atoms with van der Waals surface area (Å²) in [7, 11) is 1.68. The molecule has 0 aliphatic rings. The van der Waals surface area contributed by atoms with Crippen LogP contribution >= 0.6 is 0 Å². The standard InChI is InChI=1S/C17H19N5O3/c1-22-15-13(10-18-22)16(24)21-17(20-15)19-14(23)8-5-9-25-11-12-6-3-2-4-7-12/h2-4,6-7,10H,5,8-9,11H2,1H3,(H2,19,20,21,23,24). The van der Waals surface area contributed by atoms with Gasteiger partial charge in [-0.15, -0.1) is 0 Å². The van der Waals surface area contributed by atoms with E-state index in [2.05, 4.69) is 20.4 Å². The average Bonchev–Trinajstić information content (AvgIpc) is 2.97. The summed E-state index contributed by atoms with van der Waals surface area (Å²) in [5.41, 5.74) is 1.18. The minimum absolute atomic E-state index is 0.122. The van der Waals surface area contributed by atoms with E-state index in [0.29, 0.717) is 30.7 Å². The van der Waals surface area contributed by atoms with Crippen LogP contribution in [0.3, 0.4) is 0 Å². The van der Waals surface area contributed by atoms with E-state index in [4.69, 9.17) is 4.74 Å². The molecule has 0 fully saturated rings. The van der Waals surface area contributed by atoms with Crippen LogP contribution in [0.1, 0.15) is 18.4 Å². The molecule has 0 saturated carbocycles. The summed E-state index contributed by atoms with van der Waals surface area (Å²) in [5.74, 6) is -0.107. The normalized spacial score (nSPS) is 10.9. The number of anilines is 1. The van der Waals surface area contributed by atoms with Crippen molar-refractivity contribution < 1.29 is 9.53 Å². The van der Waals surface area contributed by atoms with Crippen LogP contribution in [0, 0.1) is 0 Å². The van der Waals surface area contributed by atoms with Gasteiger partial charge in [0.25, 0.3) is 5.56 Å². The van der Waals surface area contributed by atoms with E-state index >= 15 is 0 Å². The summed E-state index contributed by atoms with van der Waals surface area (Å²) in [4.78, 5) is 30.6. The molecule has 8 nitrogen and oxygen atoms in total. The highest BCUT2D eigenvalue weighted by Crippen LogP contribution is 2.07. The number of hydrogen-bond acceptors (Lipinski definition) is 5. The van der Waals surface area contributed by atoms with Crippen molar-refractivity contribution in [3.05, 3.63) is 52.4 Å². The number of carbonyl (C=O) groups is 1. The highest BCUT2D eigenvalue weighted by Gasteiger charge is 2.10. The molecule has 0 saturated heterocycles. The van der Waals surface area contributed by atoms with Gasteiger partial charge >= 0.3 is 0 Å². The van der Waals surface area contributed by atoms with E-state index in [0.717, 1.165) is 5.56 Å². The lowest BCUT2D eigenvalue weighted by Gasteiger charge is -2.06. The second-order valence-corrected chi connectivity index (χ2v) is 5.61. The summed E-state index contributed by atoms with van der Waals surface area (Å²) >= 11 is 0. The van der Waals surface area contributed by atoms with Crippen molar-refractivity contribution in [2.45, 2.75) is 19.4 Å². The summed E-state index contributed by atoms with van der Waals surface area (Å²) in [6, 6.07) is 9.85. The highest BCUT2D eigenvalue weighted by atomic mass is 16.5. The van der Waals surface area contributed by atoms with Crippen molar-refractivity contribution in [3.63, 3.8) is 0 Å². The van der Waals surface area contributed by atoms with E-state index in [9.17, 15) is 9.59 Å². The third kappa shape index (κ3) is 4.30. The number of aryl methyl sites for hydroxylation is 1. The highest BCUT2D eigenvalue weighted by molar-refractivity contribution is 5.89. The van der Waals surface area contributed by atoms with Crippen LogP contribution in [0.25, 0.3) is 11.0 Å². The molecule has 0 spiro atoms. The minimum Gasteiger partial charge on any atom is -0.377 e. The number of nitrogens with one attached hydrogen (secondary N) is 2. The maximum atomic E-state index is 12.0. The van der Waals surface area contributed by atoms with Gasteiger partial charge in [-0.2, -0.15) is 10.1 Å². The van der Waals surface area contributed by atoms with Gasteiger partial charge in [0, 0.05) is 20.1 Å². The third-order valence-electron chi connectivity index (χ3n) is 3.66. The van der Waals surface area contributed by atoms with Crippen LogP contribution in [-0.2, 0) is 23.2 Å². The Hall–Kier alpha value is -3.00. The molecular formula is C17H19N5O3. The van der Waals surface area contributed by atoms with E-state index in [1.807, 2.05) is 30.3 Å². The minimum atomic E-state index is -0.334. The van der Waals surface area contributed by atoms with Gasteiger partial charge in [-0.1, -0.05) is 30.3 Å². The van der Waals surface area contributed by atoms with E-state index < -0.39 is 0 Å². The smallest absolute Gasteiger partial charge is 0.263 e. The van der Waals surface area contributed by atoms with Crippen LogP contribution < -0.4 is 10.9 Å². The number of carbonyl (C=O) groups excluding carboxylic acids is 1. The van der Waals surface area contributed by atoms with E-state index in [1.54, 1.807) is 7.05 Å². The molecule has 2 aromatic heterocycles. The first kappa shape index (κ1) is 16.8. The molecule has 8 heteroatoms. The predicted octanol–water partition coefficient (Wildman–Crippen LogP) is 1.59. The molecule has 0 bridgehead atoms. The molecular weight excluding hydrogens is 322 g/mol. The predicted molar refractivity (Wildman–Crippen MR) is 93.1 cm³/mol. The zero-order chi connectivity index (χ0) is 17.6. The molecule has 3 aromatic rings. The monoisotopic (exact) mass is 341 g/mol. The van der Waals surface area contributed by atoms with E-state index in [1.165, 1.54) is 10.9 Å². The van der Waals surface area contributed by atoms with Gasteiger partial charge in [-0.05, 0) is 12.0 Å². The second-order valence-electron chi connectivity index (χ2n) is 5.61. The molecule has 1 aromatic carbocycles. The van der Waals surface area contributed by atoms with E-state index in [-0.39, 0.29) is 23.8 Å². The fraction of sp³-hybridized carbons (Fsp3) is 0.294. The largest absolute Gasteiger partial charge is 0.377 e. The summed E-state index contributed by atoms with van der Waals surface area (Å²) in [6.07, 6.45) is 2.30. The quantitative estimate of drug-likeness (QED) is 0.636. The SMILES string of the molecule is Cn1ncc2c(=O)[nH]c(NC(=O)CCCOCc3ccccc3)nc21. The van der Waals surface area contributed by atoms with Gasteiger partial charge in [0.1, 0.15) is 5.39 Å². The molecule has 2 heterocycles. The number of ether oxygens (including phenoxy) is 1. The lowest BCUT2D eigenvalue weighted by Crippen LogP contribution is -2.18. The number of aromatic nitrogens is 4. The molecule has 25 heavy (non-hydrogen) atoms. The Kier molecular flexibility index (Phi) is 5.20. The van der Waals surface area contributed by atoms with Gasteiger partial charge in [-0.25, -0.2) is 0 Å². The Bertz CT molecular complexity index is 917. The molecule has 0 atom stereocenters. The zero-order valence-corrected chi connectivity index (χ0v) is 13.9. The Balaban J connectivity index is 1.46. The van der Waals surface area contributed by atoms with Crippen LogP contribution in [0.5, 0.6) is 0 Å². The number of amides is 1. The summed E-state index contributed by atoms with van der Waals surface area (Å²) < 4.78 is 7.02. The first-order valence-electron chi connectivity index (χ1n) is 7.97. The summed E-state index contributed by atoms with van der Waals surface area (Å²) in [6.45, 7) is 1.00. The van der Waals surface area contributed by atoms with Crippen molar-refractivity contribution in [2.24, 2.45) is 7.05 Å². The van der Waals surface area contributed by atoms with Crippen LogP contribution in [-0.4, -0.2) is 32.3 Å². The lowest BCUT2D eigenvalue weighted by atomic mass is 10.2. The van der Waals surface area contributed by atoms with Crippen molar-refractivity contribution in [2.75, 3.05) is 11.9 Å². The Labute approximate surface area is 143 Å². The van der Waals surface area contributed by atoms with Crippen LogP contribution in [0.15, 0.2) is 41.3 Å². The maximum Gasteiger partial charge on any atom is 0.263 e. The third-order valence-corrected chi connectivity index (χ3v) is 3.66. The molecule has 0 aliphatic carbocycles. The first-order chi connectivity index (χ1) is 12.1. The van der Waals surface area contributed by atoms with Gasteiger partial charge in [0.05, 0.1) is 12.8 Å². The molecule has 0 aliphatic heterocycles. The van der Waals surface area contributed by atoms with Crippen molar-refractivity contribution in [3.8, 4) is 0 Å². The number of fused-ring (bicyclic) bond motifs is 1. The number of H-pyrrole nitrogens is 1. The second kappa shape index (κ2) is 7.71. The topological polar surface area (TPSA) is 102 Å². The van der Waals surface area contributed by atoms with Crippen molar-refractivity contribution in [1.29, 1.82) is 0 Å². The van der Waals surface area contributed by atoms with Gasteiger partial charge in [0.2, 0.25) is 11.9 Å². The molecule has 3 rings (SSSR count). The van der Waals surface area contributed by atoms with Crippen molar-refractivity contribution in [1.82, 2.24) is 19.7 Å². The number of hydrogen-bond donors (Lipinski definition) is 2. The lowest BCUT2D eigenvalue weighted by molar-refractivity contribution is -0.116. The number of nitrogens with zero attached hydrogens (tertiary/aromatic N) is 3. The Morgan fingerprint density at radius 2 is 2.12 bits per heavy atom.